The standard InChI is InChI=1S/C13H15ClN2O4/c1-7-3-2-4-9(14)11(7)16-13(19)15-10-6-20-5-8(10)12(17)18/h2-4,8,10H,5-6H2,1H3,(H,17,18)(H2,15,16,19). The number of halogens is 1. The largest absolute Gasteiger partial charge is 0.481 e. The number of hydrogen-bond acceptors (Lipinski definition) is 3. The summed E-state index contributed by atoms with van der Waals surface area (Å²) in [6.45, 7) is 2.11. The topological polar surface area (TPSA) is 87.7 Å². The average molecular weight is 299 g/mol. The number of carbonyl (C=O) groups is 2. The molecule has 3 N–H and O–H groups in total. The number of carboxylic acid groups (broad SMARTS) is 1. The van der Waals surface area contributed by atoms with Crippen LogP contribution in [0.2, 0.25) is 5.02 Å². The van der Waals surface area contributed by atoms with Gasteiger partial charge in [-0.2, -0.15) is 0 Å². The Morgan fingerprint density at radius 3 is 2.80 bits per heavy atom. The first-order valence-corrected chi connectivity index (χ1v) is 6.50. The smallest absolute Gasteiger partial charge is 0.319 e. The van der Waals surface area contributed by atoms with Gasteiger partial charge in [-0.3, -0.25) is 4.79 Å². The summed E-state index contributed by atoms with van der Waals surface area (Å²) in [6, 6.07) is 4.23. The van der Waals surface area contributed by atoms with Crippen molar-refractivity contribution in [2.24, 2.45) is 5.92 Å². The van der Waals surface area contributed by atoms with Gasteiger partial charge >= 0.3 is 12.0 Å². The molecule has 1 aliphatic heterocycles. The molecule has 1 aromatic carbocycles. The van der Waals surface area contributed by atoms with Crippen molar-refractivity contribution in [3.05, 3.63) is 28.8 Å². The van der Waals surface area contributed by atoms with Crippen LogP contribution in [0.25, 0.3) is 0 Å². The Hall–Kier alpha value is -1.79. The van der Waals surface area contributed by atoms with Crippen LogP contribution in [0.4, 0.5) is 10.5 Å². The summed E-state index contributed by atoms with van der Waals surface area (Å²) < 4.78 is 5.08. The van der Waals surface area contributed by atoms with Crippen LogP contribution in [0.5, 0.6) is 0 Å². The minimum atomic E-state index is -0.985. The predicted octanol–water partition coefficient (Wildman–Crippen LogP) is 1.87. The number of ether oxygens (including phenoxy) is 1. The Bertz CT molecular complexity index is 515. The van der Waals surface area contributed by atoms with Gasteiger partial charge in [0.2, 0.25) is 0 Å². The van der Waals surface area contributed by atoms with E-state index in [0.717, 1.165) is 5.56 Å². The van der Waals surface area contributed by atoms with E-state index in [1.807, 2.05) is 13.0 Å². The number of hydrogen-bond donors (Lipinski definition) is 3. The molecule has 1 heterocycles. The van der Waals surface area contributed by atoms with Gasteiger partial charge in [0.05, 0.1) is 30.0 Å². The van der Waals surface area contributed by atoms with Crippen molar-refractivity contribution in [1.29, 1.82) is 0 Å². The molecule has 2 unspecified atom stereocenters. The van der Waals surface area contributed by atoms with E-state index in [2.05, 4.69) is 10.6 Å². The zero-order valence-corrected chi connectivity index (χ0v) is 11.6. The van der Waals surface area contributed by atoms with Crippen LogP contribution in [0, 0.1) is 12.8 Å². The van der Waals surface area contributed by atoms with Crippen LogP contribution in [0.1, 0.15) is 5.56 Å². The van der Waals surface area contributed by atoms with Gasteiger partial charge < -0.3 is 20.5 Å². The molecule has 0 aliphatic carbocycles. The SMILES string of the molecule is Cc1cccc(Cl)c1NC(=O)NC1COCC1C(=O)O. The van der Waals surface area contributed by atoms with Crippen molar-refractivity contribution in [1.82, 2.24) is 5.32 Å². The molecule has 1 fully saturated rings. The van der Waals surface area contributed by atoms with Gasteiger partial charge in [0.15, 0.2) is 0 Å². The maximum atomic E-state index is 11.9. The summed E-state index contributed by atoms with van der Waals surface area (Å²) in [6.07, 6.45) is 0. The Balaban J connectivity index is 2.01. The Morgan fingerprint density at radius 1 is 1.40 bits per heavy atom. The highest BCUT2D eigenvalue weighted by molar-refractivity contribution is 6.33. The molecular formula is C13H15ClN2O4. The van der Waals surface area contributed by atoms with Crippen LogP contribution in [-0.4, -0.2) is 36.4 Å². The number of para-hydroxylation sites is 1. The first-order valence-electron chi connectivity index (χ1n) is 6.12. The fraction of sp³-hybridized carbons (Fsp3) is 0.385. The highest BCUT2D eigenvalue weighted by Crippen LogP contribution is 2.25. The summed E-state index contributed by atoms with van der Waals surface area (Å²) in [7, 11) is 0. The highest BCUT2D eigenvalue weighted by atomic mass is 35.5. The van der Waals surface area contributed by atoms with Gasteiger partial charge in [0, 0.05) is 0 Å². The maximum Gasteiger partial charge on any atom is 0.319 e. The molecule has 0 bridgehead atoms. The number of carboxylic acids is 1. The molecule has 7 heteroatoms. The highest BCUT2D eigenvalue weighted by Gasteiger charge is 2.35. The van der Waals surface area contributed by atoms with Crippen molar-refractivity contribution in [2.75, 3.05) is 18.5 Å². The lowest BCUT2D eigenvalue weighted by Crippen LogP contribution is -2.44. The van der Waals surface area contributed by atoms with Crippen molar-refractivity contribution < 1.29 is 19.4 Å². The predicted molar refractivity (Wildman–Crippen MR) is 74.1 cm³/mol. The lowest BCUT2D eigenvalue weighted by atomic mass is 10.0. The molecule has 2 amide bonds. The summed E-state index contributed by atoms with van der Waals surface area (Å²) in [4.78, 5) is 22.9. The molecule has 0 spiro atoms. The van der Waals surface area contributed by atoms with Gasteiger partial charge in [-0.1, -0.05) is 23.7 Å². The van der Waals surface area contributed by atoms with Crippen LogP contribution in [-0.2, 0) is 9.53 Å². The van der Waals surface area contributed by atoms with Crippen molar-refractivity contribution in [2.45, 2.75) is 13.0 Å². The van der Waals surface area contributed by atoms with Gasteiger partial charge in [0.25, 0.3) is 0 Å². The quantitative estimate of drug-likeness (QED) is 0.795. The fourth-order valence-corrected chi connectivity index (χ4v) is 2.32. The second-order valence-corrected chi connectivity index (χ2v) is 5.03. The minimum Gasteiger partial charge on any atom is -0.481 e. The fourth-order valence-electron chi connectivity index (χ4n) is 2.05. The van der Waals surface area contributed by atoms with E-state index < -0.39 is 24.0 Å². The minimum absolute atomic E-state index is 0.103. The third-order valence-corrected chi connectivity index (χ3v) is 3.49. The van der Waals surface area contributed by atoms with E-state index in [4.69, 9.17) is 21.4 Å². The number of aryl methyl sites for hydroxylation is 1. The molecule has 0 aromatic heterocycles. The third-order valence-electron chi connectivity index (χ3n) is 3.17. The number of anilines is 1. The first-order chi connectivity index (χ1) is 9.49. The van der Waals surface area contributed by atoms with E-state index in [0.29, 0.717) is 10.7 Å². The number of aliphatic carboxylic acids is 1. The van der Waals surface area contributed by atoms with E-state index in [1.165, 1.54) is 0 Å². The molecule has 1 saturated heterocycles. The number of nitrogens with one attached hydrogen (secondary N) is 2. The molecule has 20 heavy (non-hydrogen) atoms. The summed E-state index contributed by atoms with van der Waals surface area (Å²) in [5, 5.41) is 14.7. The molecule has 2 rings (SSSR count). The van der Waals surface area contributed by atoms with E-state index in [-0.39, 0.29) is 13.2 Å². The lowest BCUT2D eigenvalue weighted by molar-refractivity contribution is -0.142. The number of carbonyl (C=O) groups excluding carboxylic acids is 1. The zero-order valence-electron chi connectivity index (χ0n) is 10.9. The van der Waals surface area contributed by atoms with Crippen LogP contribution in [0.3, 0.4) is 0 Å². The van der Waals surface area contributed by atoms with E-state index in [1.54, 1.807) is 12.1 Å². The Kier molecular flexibility index (Phi) is 4.46. The number of benzene rings is 1. The molecule has 108 valence electrons. The summed E-state index contributed by atoms with van der Waals surface area (Å²) >= 11 is 6.01. The van der Waals surface area contributed by atoms with Crippen molar-refractivity contribution in [3.8, 4) is 0 Å². The third kappa shape index (κ3) is 3.20. The molecule has 0 radical (unpaired) electrons. The average Bonchev–Trinajstić information content (AvgIpc) is 2.82. The van der Waals surface area contributed by atoms with E-state index >= 15 is 0 Å². The van der Waals surface area contributed by atoms with Crippen molar-refractivity contribution in [3.63, 3.8) is 0 Å². The number of urea groups is 1. The normalized spacial score (nSPS) is 21.5. The summed E-state index contributed by atoms with van der Waals surface area (Å²) in [5.74, 6) is -1.71. The number of rotatable bonds is 3. The molecule has 1 aliphatic rings. The van der Waals surface area contributed by atoms with Gasteiger partial charge in [0.1, 0.15) is 5.92 Å². The lowest BCUT2D eigenvalue weighted by Gasteiger charge is -2.17. The maximum absolute atomic E-state index is 11.9. The van der Waals surface area contributed by atoms with Gasteiger partial charge in [-0.15, -0.1) is 0 Å². The molecule has 0 saturated carbocycles. The van der Waals surface area contributed by atoms with Gasteiger partial charge in [-0.25, -0.2) is 4.79 Å². The summed E-state index contributed by atoms with van der Waals surface area (Å²) in [5.41, 5.74) is 1.34. The van der Waals surface area contributed by atoms with E-state index in [9.17, 15) is 9.59 Å². The van der Waals surface area contributed by atoms with Crippen LogP contribution in [0.15, 0.2) is 18.2 Å². The Morgan fingerprint density at radius 2 is 2.15 bits per heavy atom. The van der Waals surface area contributed by atoms with Crippen LogP contribution >= 0.6 is 11.6 Å². The molecular weight excluding hydrogens is 284 g/mol. The second kappa shape index (κ2) is 6.11. The molecule has 1 aromatic rings. The monoisotopic (exact) mass is 298 g/mol. The molecule has 6 nitrogen and oxygen atoms in total. The molecule has 2 atom stereocenters. The first kappa shape index (κ1) is 14.6. The van der Waals surface area contributed by atoms with Crippen LogP contribution < -0.4 is 10.6 Å². The zero-order chi connectivity index (χ0) is 14.7. The van der Waals surface area contributed by atoms with Crippen molar-refractivity contribution >= 4 is 29.3 Å². The second-order valence-electron chi connectivity index (χ2n) is 4.62. The number of amides is 2. The van der Waals surface area contributed by atoms with Gasteiger partial charge in [-0.05, 0) is 18.6 Å². The Labute approximate surface area is 121 Å².